The Morgan fingerprint density at radius 1 is 0.905 bits per heavy atom. The molecule has 5 rings (SSSR count). The van der Waals surface area contributed by atoms with Crippen LogP contribution in [0.25, 0.3) is 22.3 Å². The van der Waals surface area contributed by atoms with E-state index in [9.17, 15) is 14.0 Å². The number of piperazine rings is 1. The number of nitrogens with one attached hydrogen (secondary N) is 1. The van der Waals surface area contributed by atoms with E-state index in [1.54, 1.807) is 46.3 Å². The fourth-order valence-corrected chi connectivity index (χ4v) is 4.30. The number of anilines is 3. The number of ether oxygens (including phenoxy) is 1. The van der Waals surface area contributed by atoms with Crippen molar-refractivity contribution in [3.63, 3.8) is 0 Å². The molecule has 0 bridgehead atoms. The summed E-state index contributed by atoms with van der Waals surface area (Å²) in [5, 5.41) is 2.97. The molecule has 1 fully saturated rings. The molecular weight excluding hydrogens is 541 g/mol. The first-order chi connectivity index (χ1) is 20.0. The number of amides is 2. The molecule has 0 unspecified atom stereocenters. The third-order valence-electron chi connectivity index (χ3n) is 6.47. The number of fused-ring (bicyclic) bond motifs is 1. The number of carbonyl (C=O) groups excluding carboxylic acids is 2. The number of rotatable bonds is 5. The molecule has 12 nitrogen and oxygen atoms in total. The molecule has 0 atom stereocenters. The number of pyridine rings is 1. The normalized spacial score (nSPS) is 13.7. The topological polar surface area (TPSA) is 130 Å². The zero-order valence-corrected chi connectivity index (χ0v) is 24.1. The number of hydrogen-bond donors (Lipinski definition) is 1. The van der Waals surface area contributed by atoms with Gasteiger partial charge in [0.05, 0.1) is 29.0 Å². The number of hydrogen-bond acceptors (Lipinski definition) is 10. The summed E-state index contributed by atoms with van der Waals surface area (Å²) in [6, 6.07) is 8.50. The Bertz CT molecular complexity index is 1620. The molecule has 1 saturated heterocycles. The zero-order chi connectivity index (χ0) is 30.0. The average Bonchev–Trinajstić information content (AvgIpc) is 2.97. The standard InChI is InChI=1S/C29H32FN9O3/c1-29(2,3)42-28(41)39-12-10-38(11-13-39)26(40)19-7-9-23(32-15-19)35-27-33-16-20(30)25(36-27)18-6-8-21-22(14-18)34-24(17-31-21)37(4)5/h6-9,14-17H,10-13H2,1-5H3,(H,32,33,35,36). The Kier molecular flexibility index (Phi) is 7.83. The lowest BCUT2D eigenvalue weighted by Crippen LogP contribution is -2.51. The van der Waals surface area contributed by atoms with Crippen molar-refractivity contribution in [1.82, 2.24) is 34.7 Å². The molecular formula is C29H32FN9O3. The Morgan fingerprint density at radius 2 is 1.64 bits per heavy atom. The number of aromatic nitrogens is 5. The van der Waals surface area contributed by atoms with Crippen molar-refractivity contribution in [3.05, 3.63) is 60.3 Å². The van der Waals surface area contributed by atoms with Gasteiger partial charge in [0.2, 0.25) is 5.95 Å². The summed E-state index contributed by atoms with van der Waals surface area (Å²) >= 11 is 0. The molecule has 1 aliphatic rings. The third kappa shape index (κ3) is 6.51. The van der Waals surface area contributed by atoms with Crippen LogP contribution in [0.2, 0.25) is 0 Å². The monoisotopic (exact) mass is 573 g/mol. The first kappa shape index (κ1) is 28.6. The van der Waals surface area contributed by atoms with E-state index in [-0.39, 0.29) is 23.6 Å². The second kappa shape index (κ2) is 11.5. The second-order valence-electron chi connectivity index (χ2n) is 11.0. The fourth-order valence-electron chi connectivity index (χ4n) is 4.30. The maximum absolute atomic E-state index is 14.8. The van der Waals surface area contributed by atoms with Crippen molar-refractivity contribution in [1.29, 1.82) is 0 Å². The van der Waals surface area contributed by atoms with Gasteiger partial charge in [-0.1, -0.05) is 6.07 Å². The van der Waals surface area contributed by atoms with Crippen molar-refractivity contribution in [2.75, 3.05) is 50.5 Å². The van der Waals surface area contributed by atoms with Gasteiger partial charge in [-0.05, 0) is 45.0 Å². The molecule has 4 aromatic rings. The van der Waals surface area contributed by atoms with E-state index in [4.69, 9.17) is 4.74 Å². The van der Waals surface area contributed by atoms with Crippen LogP contribution in [0.15, 0.2) is 48.9 Å². The van der Waals surface area contributed by atoms with E-state index >= 15 is 0 Å². The quantitative estimate of drug-likeness (QED) is 0.372. The van der Waals surface area contributed by atoms with Gasteiger partial charge >= 0.3 is 6.09 Å². The zero-order valence-electron chi connectivity index (χ0n) is 24.1. The number of nitrogens with zero attached hydrogens (tertiary/aromatic N) is 8. The van der Waals surface area contributed by atoms with Gasteiger partial charge in [0.15, 0.2) is 5.82 Å². The highest BCUT2D eigenvalue weighted by Crippen LogP contribution is 2.26. The minimum atomic E-state index is -0.586. The molecule has 0 radical (unpaired) electrons. The highest BCUT2D eigenvalue weighted by atomic mass is 19.1. The van der Waals surface area contributed by atoms with Crippen LogP contribution < -0.4 is 10.2 Å². The summed E-state index contributed by atoms with van der Waals surface area (Å²) in [6.07, 6.45) is 3.84. The number of benzene rings is 1. The average molecular weight is 574 g/mol. The maximum Gasteiger partial charge on any atom is 0.410 e. The van der Waals surface area contributed by atoms with Crippen molar-refractivity contribution in [2.24, 2.45) is 0 Å². The molecule has 0 aliphatic carbocycles. The van der Waals surface area contributed by atoms with Crippen molar-refractivity contribution in [2.45, 2.75) is 26.4 Å². The van der Waals surface area contributed by atoms with E-state index in [0.29, 0.717) is 60.0 Å². The SMILES string of the molecule is CN(C)c1cnc2ccc(-c3nc(Nc4ccc(C(=O)N5CCN(C(=O)OC(C)(C)C)CC5)cn4)ncc3F)cc2n1. The lowest BCUT2D eigenvalue weighted by molar-refractivity contribution is 0.0141. The second-order valence-corrected chi connectivity index (χ2v) is 11.0. The highest BCUT2D eigenvalue weighted by molar-refractivity contribution is 5.94. The van der Waals surface area contributed by atoms with E-state index in [1.807, 2.05) is 39.8 Å². The lowest BCUT2D eigenvalue weighted by Gasteiger charge is -2.35. The van der Waals surface area contributed by atoms with Crippen LogP contribution in [-0.2, 0) is 4.74 Å². The smallest absolute Gasteiger partial charge is 0.410 e. The lowest BCUT2D eigenvalue weighted by atomic mass is 10.1. The molecule has 42 heavy (non-hydrogen) atoms. The van der Waals surface area contributed by atoms with Crippen LogP contribution in [0.5, 0.6) is 0 Å². The summed E-state index contributed by atoms with van der Waals surface area (Å²) in [5.74, 6) is 0.442. The Hall–Kier alpha value is -4.94. The first-order valence-corrected chi connectivity index (χ1v) is 13.4. The summed E-state index contributed by atoms with van der Waals surface area (Å²) in [7, 11) is 3.74. The molecule has 0 saturated carbocycles. The molecule has 1 aliphatic heterocycles. The van der Waals surface area contributed by atoms with E-state index in [0.717, 1.165) is 6.20 Å². The van der Waals surface area contributed by atoms with Gasteiger partial charge in [-0.25, -0.2) is 29.1 Å². The van der Waals surface area contributed by atoms with Gasteiger partial charge in [-0.2, -0.15) is 0 Å². The molecule has 1 N–H and O–H groups in total. The molecule has 0 spiro atoms. The minimum Gasteiger partial charge on any atom is -0.444 e. The summed E-state index contributed by atoms with van der Waals surface area (Å²) < 4.78 is 20.2. The van der Waals surface area contributed by atoms with Crippen molar-refractivity contribution >= 4 is 40.6 Å². The van der Waals surface area contributed by atoms with Crippen LogP contribution in [0.3, 0.4) is 0 Å². The van der Waals surface area contributed by atoms with Gasteiger partial charge < -0.3 is 24.8 Å². The molecule has 3 aromatic heterocycles. The van der Waals surface area contributed by atoms with E-state index in [2.05, 4.69) is 30.2 Å². The molecule has 2 amide bonds. The van der Waals surface area contributed by atoms with Crippen LogP contribution >= 0.6 is 0 Å². The molecule has 4 heterocycles. The molecule has 1 aromatic carbocycles. The predicted octanol–water partition coefficient (Wildman–Crippen LogP) is 4.12. The Balaban J connectivity index is 1.25. The minimum absolute atomic E-state index is 0.101. The van der Waals surface area contributed by atoms with Crippen LogP contribution in [0, 0.1) is 5.82 Å². The summed E-state index contributed by atoms with van der Waals surface area (Å²) in [6.45, 7) is 7.01. The number of halogens is 1. The highest BCUT2D eigenvalue weighted by Gasteiger charge is 2.28. The van der Waals surface area contributed by atoms with E-state index < -0.39 is 11.4 Å². The van der Waals surface area contributed by atoms with Crippen LogP contribution in [-0.4, -0.2) is 92.6 Å². The van der Waals surface area contributed by atoms with Gasteiger partial charge in [0.25, 0.3) is 5.91 Å². The fraction of sp³-hybridized carbons (Fsp3) is 0.345. The molecule has 13 heteroatoms. The predicted molar refractivity (Wildman–Crippen MR) is 156 cm³/mol. The summed E-state index contributed by atoms with van der Waals surface area (Å²) in [5.41, 5.74) is 1.75. The maximum atomic E-state index is 14.8. The van der Waals surface area contributed by atoms with Crippen LogP contribution in [0.4, 0.5) is 26.8 Å². The van der Waals surface area contributed by atoms with Gasteiger partial charge in [-0.15, -0.1) is 0 Å². The van der Waals surface area contributed by atoms with Gasteiger partial charge in [0, 0.05) is 52.0 Å². The first-order valence-electron chi connectivity index (χ1n) is 13.4. The van der Waals surface area contributed by atoms with Crippen LogP contribution in [0.1, 0.15) is 31.1 Å². The number of carbonyl (C=O) groups is 2. The van der Waals surface area contributed by atoms with Gasteiger partial charge in [-0.3, -0.25) is 9.78 Å². The Labute approximate surface area is 242 Å². The summed E-state index contributed by atoms with van der Waals surface area (Å²) in [4.78, 5) is 52.1. The molecule has 218 valence electrons. The largest absolute Gasteiger partial charge is 0.444 e. The van der Waals surface area contributed by atoms with Crippen molar-refractivity contribution in [3.8, 4) is 11.3 Å². The van der Waals surface area contributed by atoms with Crippen molar-refractivity contribution < 1.29 is 18.7 Å². The van der Waals surface area contributed by atoms with E-state index in [1.165, 1.54) is 6.20 Å². The van der Waals surface area contributed by atoms with Gasteiger partial charge in [0.1, 0.15) is 22.9 Å². The Morgan fingerprint density at radius 3 is 2.31 bits per heavy atom. The third-order valence-corrected chi connectivity index (χ3v) is 6.47.